The van der Waals surface area contributed by atoms with Gasteiger partial charge in [-0.2, -0.15) is 0 Å². The molecule has 0 fully saturated rings. The van der Waals surface area contributed by atoms with Crippen LogP contribution >= 0.6 is 11.6 Å². The highest BCUT2D eigenvalue weighted by atomic mass is 35.5. The summed E-state index contributed by atoms with van der Waals surface area (Å²) in [4.78, 5) is 11.9. The highest BCUT2D eigenvalue weighted by molar-refractivity contribution is 6.31. The van der Waals surface area contributed by atoms with E-state index >= 15 is 0 Å². The van der Waals surface area contributed by atoms with Crippen LogP contribution in [0.15, 0.2) is 36.4 Å². The Morgan fingerprint density at radius 2 is 2.05 bits per heavy atom. The van der Waals surface area contributed by atoms with Gasteiger partial charge in [0.25, 0.3) is 0 Å². The van der Waals surface area contributed by atoms with Crippen molar-refractivity contribution in [3.05, 3.63) is 58.4 Å². The monoisotopic (exact) mass is 309 g/mol. The Balaban J connectivity index is 2.05. The SMILES string of the molecule is COc1ccc(COC(=O)c2ccc(Cl)cc2N)cc1F. The van der Waals surface area contributed by atoms with Crippen molar-refractivity contribution in [1.29, 1.82) is 0 Å². The first kappa shape index (κ1) is 15.1. The fourth-order valence-electron chi connectivity index (χ4n) is 1.75. The van der Waals surface area contributed by atoms with Crippen molar-refractivity contribution in [1.82, 2.24) is 0 Å². The molecule has 21 heavy (non-hydrogen) atoms. The molecule has 0 atom stereocenters. The van der Waals surface area contributed by atoms with Gasteiger partial charge in [0.15, 0.2) is 11.6 Å². The second kappa shape index (κ2) is 6.45. The number of halogens is 2. The first-order valence-corrected chi connectivity index (χ1v) is 6.43. The summed E-state index contributed by atoms with van der Waals surface area (Å²) in [6.07, 6.45) is 0. The molecule has 0 heterocycles. The molecule has 4 nitrogen and oxygen atoms in total. The topological polar surface area (TPSA) is 61.5 Å². The van der Waals surface area contributed by atoms with Crippen LogP contribution in [0.25, 0.3) is 0 Å². The Hall–Kier alpha value is -2.27. The number of hydrogen-bond acceptors (Lipinski definition) is 4. The fraction of sp³-hybridized carbons (Fsp3) is 0.133. The van der Waals surface area contributed by atoms with Crippen LogP contribution in [0, 0.1) is 5.82 Å². The molecule has 2 aromatic rings. The van der Waals surface area contributed by atoms with E-state index in [4.69, 9.17) is 26.8 Å². The zero-order valence-corrected chi connectivity index (χ0v) is 12.0. The van der Waals surface area contributed by atoms with E-state index < -0.39 is 11.8 Å². The predicted octanol–water partition coefficient (Wildman–Crippen LogP) is 3.43. The molecule has 0 aliphatic carbocycles. The van der Waals surface area contributed by atoms with Crippen molar-refractivity contribution in [3.63, 3.8) is 0 Å². The van der Waals surface area contributed by atoms with Crippen LogP contribution in [-0.4, -0.2) is 13.1 Å². The van der Waals surface area contributed by atoms with Crippen LogP contribution in [0.3, 0.4) is 0 Å². The van der Waals surface area contributed by atoms with Crippen LogP contribution in [-0.2, 0) is 11.3 Å². The summed E-state index contributed by atoms with van der Waals surface area (Å²) < 4.78 is 23.4. The summed E-state index contributed by atoms with van der Waals surface area (Å²) in [6.45, 7) is -0.0676. The fourth-order valence-corrected chi connectivity index (χ4v) is 1.93. The van der Waals surface area contributed by atoms with E-state index in [0.29, 0.717) is 10.6 Å². The van der Waals surface area contributed by atoms with E-state index in [1.807, 2.05) is 0 Å². The highest BCUT2D eigenvalue weighted by Crippen LogP contribution is 2.21. The van der Waals surface area contributed by atoms with E-state index in [1.54, 1.807) is 12.1 Å². The summed E-state index contributed by atoms with van der Waals surface area (Å²) in [6, 6.07) is 8.81. The first-order chi connectivity index (χ1) is 10.0. The van der Waals surface area contributed by atoms with E-state index in [0.717, 1.165) is 0 Å². The minimum absolute atomic E-state index is 0.0676. The number of anilines is 1. The second-order valence-electron chi connectivity index (χ2n) is 4.28. The van der Waals surface area contributed by atoms with Gasteiger partial charge in [0.1, 0.15) is 6.61 Å². The van der Waals surface area contributed by atoms with Crippen molar-refractivity contribution in [2.75, 3.05) is 12.8 Å². The molecule has 0 spiro atoms. The Kier molecular flexibility index (Phi) is 4.65. The third-order valence-electron chi connectivity index (χ3n) is 2.82. The van der Waals surface area contributed by atoms with Crippen LogP contribution < -0.4 is 10.5 Å². The molecule has 0 aliphatic heterocycles. The normalized spacial score (nSPS) is 10.2. The van der Waals surface area contributed by atoms with Crippen molar-refractivity contribution >= 4 is 23.3 Å². The summed E-state index contributed by atoms with van der Waals surface area (Å²) in [5.41, 5.74) is 6.65. The molecule has 2 rings (SSSR count). The van der Waals surface area contributed by atoms with Crippen LogP contribution in [0.1, 0.15) is 15.9 Å². The van der Waals surface area contributed by atoms with Gasteiger partial charge in [0.2, 0.25) is 0 Å². The average Bonchev–Trinajstić information content (AvgIpc) is 2.45. The molecule has 0 aliphatic rings. The molecule has 0 aromatic heterocycles. The lowest BCUT2D eigenvalue weighted by molar-refractivity contribution is 0.0473. The summed E-state index contributed by atoms with van der Waals surface area (Å²) in [7, 11) is 1.38. The number of nitrogen functional groups attached to an aromatic ring is 1. The van der Waals surface area contributed by atoms with Gasteiger partial charge in [-0.15, -0.1) is 0 Å². The van der Waals surface area contributed by atoms with Gasteiger partial charge in [-0.25, -0.2) is 9.18 Å². The van der Waals surface area contributed by atoms with Gasteiger partial charge in [-0.05, 0) is 35.9 Å². The molecule has 0 unspecified atom stereocenters. The molecule has 6 heteroatoms. The van der Waals surface area contributed by atoms with Crippen molar-refractivity contribution < 1.29 is 18.7 Å². The van der Waals surface area contributed by atoms with Crippen LogP contribution in [0.2, 0.25) is 5.02 Å². The summed E-state index contributed by atoms with van der Waals surface area (Å²) >= 11 is 5.75. The summed E-state index contributed by atoms with van der Waals surface area (Å²) in [5.74, 6) is -0.982. The number of benzene rings is 2. The zero-order valence-electron chi connectivity index (χ0n) is 11.2. The lowest BCUT2D eigenvalue weighted by Gasteiger charge is -2.08. The highest BCUT2D eigenvalue weighted by Gasteiger charge is 2.12. The number of carbonyl (C=O) groups is 1. The Labute approximate surface area is 126 Å². The Bertz CT molecular complexity index is 676. The van der Waals surface area contributed by atoms with Gasteiger partial charge < -0.3 is 15.2 Å². The van der Waals surface area contributed by atoms with E-state index in [2.05, 4.69) is 0 Å². The number of methoxy groups -OCH3 is 1. The number of hydrogen-bond donors (Lipinski definition) is 1. The third kappa shape index (κ3) is 3.64. The van der Waals surface area contributed by atoms with Gasteiger partial charge in [0, 0.05) is 10.7 Å². The molecule has 0 amide bonds. The molecule has 0 bridgehead atoms. The molecular formula is C15H13ClFNO3. The third-order valence-corrected chi connectivity index (χ3v) is 3.05. The Morgan fingerprint density at radius 3 is 2.67 bits per heavy atom. The molecule has 2 N–H and O–H groups in total. The lowest BCUT2D eigenvalue weighted by atomic mass is 10.2. The van der Waals surface area contributed by atoms with Crippen LogP contribution in [0.5, 0.6) is 5.75 Å². The van der Waals surface area contributed by atoms with Gasteiger partial charge in [-0.3, -0.25) is 0 Å². The van der Waals surface area contributed by atoms with Gasteiger partial charge >= 0.3 is 5.97 Å². The maximum absolute atomic E-state index is 13.5. The zero-order chi connectivity index (χ0) is 15.4. The number of carbonyl (C=O) groups excluding carboxylic acids is 1. The maximum atomic E-state index is 13.5. The quantitative estimate of drug-likeness (QED) is 0.694. The van der Waals surface area contributed by atoms with Crippen LogP contribution in [0.4, 0.5) is 10.1 Å². The summed E-state index contributed by atoms with van der Waals surface area (Å²) in [5, 5.41) is 0.432. The first-order valence-electron chi connectivity index (χ1n) is 6.06. The van der Waals surface area contributed by atoms with E-state index in [1.165, 1.54) is 31.4 Å². The Morgan fingerprint density at radius 1 is 1.29 bits per heavy atom. The number of ether oxygens (including phenoxy) is 2. The molecule has 0 radical (unpaired) electrons. The number of esters is 1. The number of nitrogens with two attached hydrogens (primary N) is 1. The van der Waals surface area contributed by atoms with Gasteiger partial charge in [-0.1, -0.05) is 17.7 Å². The van der Waals surface area contributed by atoms with Gasteiger partial charge in [0.05, 0.1) is 12.7 Å². The standard InChI is InChI=1S/C15H13ClFNO3/c1-20-14-5-2-9(6-12(14)17)8-21-15(19)11-4-3-10(16)7-13(11)18/h2-7H,8,18H2,1H3. The molecule has 110 valence electrons. The average molecular weight is 310 g/mol. The minimum Gasteiger partial charge on any atom is -0.494 e. The molecule has 2 aromatic carbocycles. The van der Waals surface area contributed by atoms with E-state index in [-0.39, 0.29) is 23.6 Å². The largest absolute Gasteiger partial charge is 0.494 e. The predicted molar refractivity (Wildman–Crippen MR) is 77.9 cm³/mol. The molecule has 0 saturated heterocycles. The van der Waals surface area contributed by atoms with Crippen molar-refractivity contribution in [2.45, 2.75) is 6.61 Å². The smallest absolute Gasteiger partial charge is 0.340 e. The van der Waals surface area contributed by atoms with Crippen molar-refractivity contribution in [3.8, 4) is 5.75 Å². The maximum Gasteiger partial charge on any atom is 0.340 e. The lowest BCUT2D eigenvalue weighted by Crippen LogP contribution is -2.08. The molecule has 0 saturated carbocycles. The number of rotatable bonds is 4. The van der Waals surface area contributed by atoms with Crippen molar-refractivity contribution in [2.24, 2.45) is 0 Å². The molecular weight excluding hydrogens is 297 g/mol. The second-order valence-corrected chi connectivity index (χ2v) is 4.71. The van der Waals surface area contributed by atoms with E-state index in [9.17, 15) is 9.18 Å². The minimum atomic E-state index is -0.597.